The van der Waals surface area contributed by atoms with Gasteiger partial charge in [0, 0.05) is 30.2 Å². The Morgan fingerprint density at radius 2 is 1.62 bits per heavy atom. The van der Waals surface area contributed by atoms with Crippen molar-refractivity contribution in [1.82, 2.24) is 20.8 Å². The molecule has 2 heterocycles. The molecule has 1 aliphatic rings. The molecule has 52 heavy (non-hydrogen) atoms. The van der Waals surface area contributed by atoms with E-state index in [-0.39, 0.29) is 31.3 Å². The Bertz CT molecular complexity index is 1920. The van der Waals surface area contributed by atoms with Crippen molar-refractivity contribution in [1.29, 1.82) is 0 Å². The monoisotopic (exact) mass is 738 g/mol. The number of benzene rings is 4. The minimum Gasteiger partial charge on any atom is -0.467 e. The largest absolute Gasteiger partial charge is 0.467 e. The molecule has 5 atom stereocenters. The molecule has 4 aromatic carbocycles. The second kappa shape index (κ2) is 17.8. The van der Waals surface area contributed by atoms with Gasteiger partial charge >= 0.3 is 12.0 Å². The van der Waals surface area contributed by atoms with Crippen LogP contribution in [0.2, 0.25) is 0 Å². The van der Waals surface area contributed by atoms with Gasteiger partial charge in [-0.25, -0.2) is 9.59 Å². The van der Waals surface area contributed by atoms with Crippen LogP contribution in [0.5, 0.6) is 0 Å². The van der Waals surface area contributed by atoms with Gasteiger partial charge in [0.2, 0.25) is 0 Å². The number of nitrogens with one attached hydrogen (secondary N) is 2. The number of hydrogen-bond donors (Lipinski definition) is 3. The molecule has 0 unspecified atom stereocenters. The lowest BCUT2D eigenvalue weighted by Crippen LogP contribution is -2.47. The van der Waals surface area contributed by atoms with Crippen LogP contribution in [0.4, 0.5) is 4.79 Å². The van der Waals surface area contributed by atoms with E-state index in [4.69, 9.17) is 14.2 Å². The highest BCUT2D eigenvalue weighted by Gasteiger charge is 2.38. The van der Waals surface area contributed by atoms with Crippen molar-refractivity contribution in [3.05, 3.63) is 136 Å². The number of rotatable bonds is 13. The zero-order valence-electron chi connectivity index (χ0n) is 29.2. The van der Waals surface area contributed by atoms with E-state index in [0.29, 0.717) is 12.2 Å². The second-order valence-corrected chi connectivity index (χ2v) is 15.0. The fourth-order valence-electron chi connectivity index (χ4n) is 6.15. The van der Waals surface area contributed by atoms with Crippen LogP contribution >= 0.6 is 23.1 Å². The van der Waals surface area contributed by atoms with E-state index in [1.54, 1.807) is 23.1 Å². The molecule has 0 radical (unpaired) electrons. The van der Waals surface area contributed by atoms with Crippen molar-refractivity contribution in [2.75, 3.05) is 12.9 Å². The van der Waals surface area contributed by atoms with Crippen molar-refractivity contribution in [3.8, 4) is 11.1 Å². The van der Waals surface area contributed by atoms with Gasteiger partial charge < -0.3 is 30.0 Å². The van der Waals surface area contributed by atoms with E-state index in [1.165, 1.54) is 7.11 Å². The molecule has 1 aromatic heterocycles. The van der Waals surface area contributed by atoms with Crippen molar-refractivity contribution in [2.24, 2.45) is 5.92 Å². The van der Waals surface area contributed by atoms with Crippen molar-refractivity contribution in [2.45, 2.75) is 62.3 Å². The van der Waals surface area contributed by atoms with E-state index in [1.807, 2.05) is 110 Å². The molecule has 5 aromatic rings. The highest BCUT2D eigenvalue weighted by Crippen LogP contribution is 2.43. The number of aliphatic hydroxyl groups excluding tert-OH is 1. The van der Waals surface area contributed by atoms with Crippen molar-refractivity contribution >= 4 is 35.1 Å². The number of carbonyl (C=O) groups excluding carboxylic acids is 2. The number of carbonyl (C=O) groups is 2. The smallest absolute Gasteiger partial charge is 0.328 e. The molecule has 10 nitrogen and oxygen atoms in total. The summed E-state index contributed by atoms with van der Waals surface area (Å²) in [6.07, 6.45) is -0.637. The zero-order valence-corrected chi connectivity index (χ0v) is 30.9. The number of nitrogens with zero attached hydrogens (tertiary/aromatic N) is 2. The summed E-state index contributed by atoms with van der Waals surface area (Å²) < 4.78 is 19.1. The van der Waals surface area contributed by atoms with Crippen LogP contribution in [-0.2, 0) is 38.6 Å². The van der Waals surface area contributed by atoms with Gasteiger partial charge in [-0.05, 0) is 40.3 Å². The van der Waals surface area contributed by atoms with E-state index in [9.17, 15) is 14.7 Å². The van der Waals surface area contributed by atoms with E-state index >= 15 is 0 Å². The number of aromatic nitrogens is 2. The number of methoxy groups -OCH3 is 1. The summed E-state index contributed by atoms with van der Waals surface area (Å²) in [7, 11) is 1.31. The zero-order chi connectivity index (χ0) is 36.5. The second-order valence-electron chi connectivity index (χ2n) is 12.6. The first kappa shape index (κ1) is 37.2. The van der Waals surface area contributed by atoms with Crippen LogP contribution in [0.15, 0.2) is 107 Å². The highest BCUT2D eigenvalue weighted by molar-refractivity contribution is 8.01. The molecular formula is C40H42N4O6S2. The first-order valence-corrected chi connectivity index (χ1v) is 18.9. The molecule has 12 heteroatoms. The fraction of sp³-hybridized carbons (Fsp3) is 0.300. The molecule has 0 aliphatic carbocycles. The van der Waals surface area contributed by atoms with Gasteiger partial charge in [0.15, 0.2) is 10.6 Å². The first-order valence-electron chi connectivity index (χ1n) is 17.1. The van der Waals surface area contributed by atoms with Gasteiger partial charge in [-0.2, -0.15) is 0 Å². The Hall–Kier alpha value is -4.59. The maximum atomic E-state index is 13.0. The normalized spacial score (nSPS) is 19.1. The summed E-state index contributed by atoms with van der Waals surface area (Å²) in [6.45, 7) is 4.32. The van der Waals surface area contributed by atoms with E-state index in [2.05, 4.69) is 27.8 Å². The standard InChI is InChI=1S/C40H42N4O6S2/c1-25-35(24-51-40-44-43-26(2)52-40)49-38(50-36(25)30-15-13-28(23-45)14-16-30)31-19-17-29(18-20-31)33-12-8-7-11-32(33)22-41-39(47)42-34(37(46)48-3)21-27-9-5-4-6-10-27/h4-20,25,34-36,38,45H,21-24H2,1-3H3,(H2,41,42,47)/t25-,34-,35+,36+,38+/m0/s1. The highest BCUT2D eigenvalue weighted by atomic mass is 32.2. The van der Waals surface area contributed by atoms with Crippen molar-refractivity contribution in [3.63, 3.8) is 0 Å². The molecule has 6 rings (SSSR count). The Labute approximate surface area is 311 Å². The molecule has 270 valence electrons. The van der Waals surface area contributed by atoms with Gasteiger partial charge in [0.1, 0.15) is 11.0 Å². The summed E-state index contributed by atoms with van der Waals surface area (Å²) >= 11 is 3.21. The molecule has 0 bridgehead atoms. The average Bonchev–Trinajstić information content (AvgIpc) is 3.61. The minimum absolute atomic E-state index is 0.0169. The number of thioether (sulfide) groups is 1. The molecule has 0 spiro atoms. The van der Waals surface area contributed by atoms with Crippen LogP contribution in [0, 0.1) is 12.8 Å². The maximum Gasteiger partial charge on any atom is 0.328 e. The van der Waals surface area contributed by atoms with Crippen LogP contribution in [0.3, 0.4) is 0 Å². The quantitative estimate of drug-likeness (QED) is 0.0850. The third kappa shape index (κ3) is 9.44. The van der Waals surface area contributed by atoms with Gasteiger partial charge in [-0.3, -0.25) is 0 Å². The van der Waals surface area contributed by atoms with Gasteiger partial charge in [0.25, 0.3) is 0 Å². The number of aryl methyl sites for hydroxylation is 1. The summed E-state index contributed by atoms with van der Waals surface area (Å²) in [5.74, 6) is 0.233. The molecular weight excluding hydrogens is 697 g/mol. The number of esters is 1. The summed E-state index contributed by atoms with van der Waals surface area (Å²) in [6, 6.07) is 32.0. The number of ether oxygens (including phenoxy) is 3. The summed E-state index contributed by atoms with van der Waals surface area (Å²) in [5.41, 5.74) is 6.52. The summed E-state index contributed by atoms with van der Waals surface area (Å²) in [4.78, 5) is 25.4. The lowest BCUT2D eigenvalue weighted by molar-refractivity contribution is -0.268. The van der Waals surface area contributed by atoms with Gasteiger partial charge in [0.05, 0.1) is 25.9 Å². The topological polar surface area (TPSA) is 132 Å². The molecule has 2 amide bonds. The number of aliphatic hydroxyl groups is 1. The first-order chi connectivity index (χ1) is 25.3. The Balaban J connectivity index is 1.15. The number of hydrogen-bond acceptors (Lipinski definition) is 10. The number of urea groups is 1. The van der Waals surface area contributed by atoms with Crippen LogP contribution in [-0.4, -0.2) is 52.3 Å². The number of amides is 2. The third-order valence-corrected chi connectivity index (χ3v) is 11.1. The van der Waals surface area contributed by atoms with Crippen LogP contribution in [0.25, 0.3) is 11.1 Å². The minimum atomic E-state index is -0.825. The predicted octanol–water partition coefficient (Wildman–Crippen LogP) is 7.17. The maximum absolute atomic E-state index is 13.0. The third-order valence-electron chi connectivity index (χ3n) is 9.03. The Morgan fingerprint density at radius 3 is 2.31 bits per heavy atom. The molecule has 1 aliphatic heterocycles. The lowest BCUT2D eigenvalue weighted by atomic mass is 9.91. The molecule has 1 saturated heterocycles. The molecule has 0 saturated carbocycles. The average molecular weight is 739 g/mol. The van der Waals surface area contributed by atoms with Crippen LogP contribution in [0.1, 0.15) is 52.1 Å². The van der Waals surface area contributed by atoms with Crippen LogP contribution < -0.4 is 10.6 Å². The van der Waals surface area contributed by atoms with Gasteiger partial charge in [-0.1, -0.05) is 133 Å². The molecule has 1 fully saturated rings. The molecule has 3 N–H and O–H groups in total. The summed E-state index contributed by atoms with van der Waals surface area (Å²) in [5, 5.41) is 24.6. The SMILES string of the molecule is COC(=O)[C@H](Cc1ccccc1)NC(=O)NCc1ccccc1-c1ccc([C@@H]2O[C@H](CSc3nnc(C)s3)[C@H](C)[C@H](c3ccc(CO)cc3)O2)cc1. The van der Waals surface area contributed by atoms with E-state index < -0.39 is 24.3 Å². The van der Waals surface area contributed by atoms with Gasteiger partial charge in [-0.15, -0.1) is 10.2 Å². The van der Waals surface area contributed by atoms with Crippen molar-refractivity contribution < 1.29 is 28.9 Å². The Kier molecular flexibility index (Phi) is 12.7. The lowest BCUT2D eigenvalue weighted by Gasteiger charge is -2.41. The van der Waals surface area contributed by atoms with E-state index in [0.717, 1.165) is 48.3 Å². The Morgan fingerprint density at radius 1 is 0.904 bits per heavy atom. The fourth-order valence-corrected chi connectivity index (χ4v) is 8.15. The predicted molar refractivity (Wildman–Crippen MR) is 202 cm³/mol.